The molecule has 3 heteroatoms. The molecule has 1 aromatic heterocycles. The molecule has 0 atom stereocenters. The minimum atomic E-state index is 0.272. The molecule has 0 unspecified atom stereocenters. The summed E-state index contributed by atoms with van der Waals surface area (Å²) in [6, 6.07) is 1.93. The predicted octanol–water partition coefficient (Wildman–Crippen LogP) is 2.07. The van der Waals surface area contributed by atoms with Crippen molar-refractivity contribution in [3.8, 4) is 5.88 Å². The lowest BCUT2D eigenvalue weighted by Crippen LogP contribution is -2.09. The Morgan fingerprint density at radius 2 is 2.08 bits per heavy atom. The number of hydrogen-bond donors (Lipinski definition) is 0. The first kappa shape index (κ1) is 9.96. The molecule has 3 nitrogen and oxygen atoms in total. The van der Waals surface area contributed by atoms with Gasteiger partial charge in [-0.1, -0.05) is 20.8 Å². The van der Waals surface area contributed by atoms with Crippen molar-refractivity contribution < 1.29 is 4.74 Å². The quantitative estimate of drug-likeness (QED) is 0.699. The fourth-order valence-electron chi connectivity index (χ4n) is 1.19. The second kappa shape index (κ2) is 3.73. The summed E-state index contributed by atoms with van der Waals surface area (Å²) in [5.41, 5.74) is 1.44. The van der Waals surface area contributed by atoms with Crippen LogP contribution >= 0.6 is 0 Å². The van der Waals surface area contributed by atoms with Crippen LogP contribution < -0.4 is 4.74 Å². The van der Waals surface area contributed by atoms with E-state index in [-0.39, 0.29) is 5.41 Å². The van der Waals surface area contributed by atoms with E-state index in [0.717, 1.165) is 6.42 Å². The van der Waals surface area contributed by atoms with Gasteiger partial charge in [0.25, 0.3) is 0 Å². The largest absolute Gasteiger partial charge is 0.480 e. The van der Waals surface area contributed by atoms with Crippen molar-refractivity contribution in [2.24, 2.45) is 5.41 Å². The Morgan fingerprint density at radius 1 is 1.38 bits per heavy atom. The highest BCUT2D eigenvalue weighted by molar-refractivity contribution is 5.17. The average molecular weight is 180 g/mol. The fraction of sp³-hybridized carbons (Fsp3) is 0.600. The van der Waals surface area contributed by atoms with Crippen LogP contribution in [0.15, 0.2) is 12.3 Å². The zero-order valence-corrected chi connectivity index (χ0v) is 8.66. The molecule has 0 saturated carbocycles. The average Bonchev–Trinajstić information content (AvgIpc) is 2.01. The van der Waals surface area contributed by atoms with Crippen LogP contribution in [0.1, 0.15) is 26.3 Å². The molecule has 0 spiro atoms. The van der Waals surface area contributed by atoms with Crippen LogP contribution in [0.25, 0.3) is 0 Å². The van der Waals surface area contributed by atoms with Crippen LogP contribution in [0.4, 0.5) is 0 Å². The molecule has 0 bridgehead atoms. The minimum Gasteiger partial charge on any atom is -0.480 e. The maximum Gasteiger partial charge on any atom is 0.233 e. The monoisotopic (exact) mass is 180 g/mol. The Kier molecular flexibility index (Phi) is 2.86. The van der Waals surface area contributed by atoms with Crippen LogP contribution in [0.3, 0.4) is 0 Å². The van der Waals surface area contributed by atoms with E-state index in [4.69, 9.17) is 4.74 Å². The SMILES string of the molecule is COc1cc(CC(C)(C)C)cnn1. The van der Waals surface area contributed by atoms with Gasteiger partial charge in [-0.2, -0.15) is 5.10 Å². The van der Waals surface area contributed by atoms with Gasteiger partial charge in [-0.25, -0.2) is 0 Å². The molecule has 0 fully saturated rings. The predicted molar refractivity (Wildman–Crippen MR) is 51.7 cm³/mol. The smallest absolute Gasteiger partial charge is 0.233 e. The van der Waals surface area contributed by atoms with Crippen molar-refractivity contribution >= 4 is 0 Å². The van der Waals surface area contributed by atoms with Crippen molar-refractivity contribution in [1.82, 2.24) is 10.2 Å². The number of rotatable bonds is 2. The van der Waals surface area contributed by atoms with E-state index in [1.807, 2.05) is 6.07 Å². The summed E-state index contributed by atoms with van der Waals surface area (Å²) in [5, 5.41) is 7.68. The Morgan fingerprint density at radius 3 is 2.62 bits per heavy atom. The first-order valence-corrected chi connectivity index (χ1v) is 4.37. The van der Waals surface area contributed by atoms with Crippen LogP contribution in [-0.4, -0.2) is 17.3 Å². The van der Waals surface area contributed by atoms with Gasteiger partial charge < -0.3 is 4.74 Å². The van der Waals surface area contributed by atoms with Gasteiger partial charge in [0.2, 0.25) is 5.88 Å². The van der Waals surface area contributed by atoms with Crippen LogP contribution in [0, 0.1) is 5.41 Å². The van der Waals surface area contributed by atoms with E-state index in [2.05, 4.69) is 31.0 Å². The molecule has 0 aliphatic carbocycles. The van der Waals surface area contributed by atoms with Gasteiger partial charge in [0.15, 0.2) is 0 Å². The van der Waals surface area contributed by atoms with Crippen molar-refractivity contribution in [3.63, 3.8) is 0 Å². The first-order chi connectivity index (χ1) is 6.01. The van der Waals surface area contributed by atoms with E-state index < -0.39 is 0 Å². The Hall–Kier alpha value is -1.12. The molecular formula is C10H16N2O. The minimum absolute atomic E-state index is 0.272. The van der Waals surface area contributed by atoms with Gasteiger partial charge >= 0.3 is 0 Å². The van der Waals surface area contributed by atoms with E-state index in [1.165, 1.54) is 5.56 Å². The Bertz CT molecular complexity index is 278. The van der Waals surface area contributed by atoms with Crippen molar-refractivity contribution in [3.05, 3.63) is 17.8 Å². The molecule has 72 valence electrons. The van der Waals surface area contributed by atoms with Gasteiger partial charge in [0.05, 0.1) is 13.3 Å². The van der Waals surface area contributed by atoms with Gasteiger partial charge in [-0.3, -0.25) is 0 Å². The second-order valence-electron chi connectivity index (χ2n) is 4.34. The molecule has 0 saturated heterocycles. The van der Waals surface area contributed by atoms with Crippen molar-refractivity contribution in [2.75, 3.05) is 7.11 Å². The lowest BCUT2D eigenvalue weighted by molar-refractivity contribution is 0.384. The number of aromatic nitrogens is 2. The van der Waals surface area contributed by atoms with Crippen molar-refractivity contribution in [2.45, 2.75) is 27.2 Å². The highest BCUT2D eigenvalue weighted by Crippen LogP contribution is 2.21. The fourth-order valence-corrected chi connectivity index (χ4v) is 1.19. The highest BCUT2D eigenvalue weighted by Gasteiger charge is 2.12. The van der Waals surface area contributed by atoms with Gasteiger partial charge in [-0.05, 0) is 17.4 Å². The third kappa shape index (κ3) is 3.40. The standard InChI is InChI=1S/C10H16N2O/c1-10(2,3)6-8-5-9(13-4)12-11-7-8/h5,7H,6H2,1-4H3. The summed E-state index contributed by atoms with van der Waals surface area (Å²) in [6.07, 6.45) is 2.77. The van der Waals surface area contributed by atoms with E-state index in [0.29, 0.717) is 5.88 Å². The Labute approximate surface area is 79.1 Å². The molecule has 13 heavy (non-hydrogen) atoms. The third-order valence-corrected chi connectivity index (χ3v) is 1.63. The summed E-state index contributed by atoms with van der Waals surface area (Å²) < 4.78 is 5.00. The summed E-state index contributed by atoms with van der Waals surface area (Å²) in [7, 11) is 1.60. The lowest BCUT2D eigenvalue weighted by Gasteiger charge is -2.17. The molecule has 0 radical (unpaired) electrons. The summed E-state index contributed by atoms with van der Waals surface area (Å²) in [6.45, 7) is 6.58. The van der Waals surface area contributed by atoms with Crippen LogP contribution in [0.2, 0.25) is 0 Å². The van der Waals surface area contributed by atoms with Crippen LogP contribution in [0.5, 0.6) is 5.88 Å². The topological polar surface area (TPSA) is 35.0 Å². The maximum absolute atomic E-state index is 5.00. The zero-order chi connectivity index (χ0) is 9.90. The van der Waals surface area contributed by atoms with E-state index >= 15 is 0 Å². The number of methoxy groups -OCH3 is 1. The van der Waals surface area contributed by atoms with Gasteiger partial charge in [0.1, 0.15) is 0 Å². The Balaban J connectivity index is 2.78. The zero-order valence-electron chi connectivity index (χ0n) is 8.66. The molecular weight excluding hydrogens is 164 g/mol. The van der Waals surface area contributed by atoms with E-state index in [9.17, 15) is 0 Å². The van der Waals surface area contributed by atoms with Gasteiger partial charge in [-0.15, -0.1) is 5.10 Å². The summed E-state index contributed by atoms with van der Waals surface area (Å²) in [4.78, 5) is 0. The number of hydrogen-bond acceptors (Lipinski definition) is 3. The first-order valence-electron chi connectivity index (χ1n) is 4.37. The maximum atomic E-state index is 5.00. The molecule has 0 N–H and O–H groups in total. The molecule has 0 aliphatic heterocycles. The molecule has 0 amide bonds. The molecule has 1 aromatic rings. The highest BCUT2D eigenvalue weighted by atomic mass is 16.5. The van der Waals surface area contributed by atoms with Crippen molar-refractivity contribution in [1.29, 1.82) is 0 Å². The van der Waals surface area contributed by atoms with Crippen LogP contribution in [-0.2, 0) is 6.42 Å². The van der Waals surface area contributed by atoms with Gasteiger partial charge in [0, 0.05) is 6.07 Å². The molecule has 0 aliphatic rings. The molecule has 1 rings (SSSR count). The molecule has 1 heterocycles. The summed E-state index contributed by atoms with van der Waals surface area (Å²) >= 11 is 0. The third-order valence-electron chi connectivity index (χ3n) is 1.63. The molecule has 0 aromatic carbocycles. The number of ether oxygens (including phenoxy) is 1. The normalized spacial score (nSPS) is 11.4. The summed E-state index contributed by atoms with van der Waals surface area (Å²) in [5.74, 6) is 0.585. The number of nitrogens with zero attached hydrogens (tertiary/aromatic N) is 2. The van der Waals surface area contributed by atoms with E-state index in [1.54, 1.807) is 13.3 Å². The second-order valence-corrected chi connectivity index (χ2v) is 4.34. The lowest BCUT2D eigenvalue weighted by atomic mass is 9.89.